The van der Waals surface area contributed by atoms with Crippen LogP contribution in [0.2, 0.25) is 0 Å². The van der Waals surface area contributed by atoms with Crippen LogP contribution < -0.4 is 17.2 Å². The van der Waals surface area contributed by atoms with Crippen LogP contribution in [-0.4, -0.2) is 10.2 Å². The van der Waals surface area contributed by atoms with Gasteiger partial charge < -0.3 is 27.4 Å². The van der Waals surface area contributed by atoms with Gasteiger partial charge in [-0.15, -0.1) is 0 Å². The smallest absolute Gasteiger partial charge is 0.144 e. The highest BCUT2D eigenvalue weighted by Gasteiger charge is 2.09. The maximum absolute atomic E-state index is 8.98. The van der Waals surface area contributed by atoms with E-state index >= 15 is 0 Å². The van der Waals surface area contributed by atoms with Gasteiger partial charge in [-0.25, -0.2) is 0 Å². The molecular formula is C6H9N3O2. The van der Waals surface area contributed by atoms with E-state index in [0.29, 0.717) is 0 Å². The van der Waals surface area contributed by atoms with E-state index in [1.54, 1.807) is 0 Å². The van der Waals surface area contributed by atoms with E-state index in [4.69, 9.17) is 27.4 Å². The van der Waals surface area contributed by atoms with Gasteiger partial charge in [0, 0.05) is 6.07 Å². The first kappa shape index (κ1) is 7.33. The number of hydrogen-bond donors (Lipinski definition) is 5. The molecule has 5 nitrogen and oxygen atoms in total. The molecule has 1 aromatic rings. The van der Waals surface area contributed by atoms with Crippen LogP contribution in [-0.2, 0) is 0 Å². The average molecular weight is 155 g/mol. The Morgan fingerprint density at radius 2 is 1.18 bits per heavy atom. The Balaban J connectivity index is 3.46. The van der Waals surface area contributed by atoms with Crippen molar-refractivity contribution in [2.24, 2.45) is 0 Å². The molecule has 0 radical (unpaired) electrons. The summed E-state index contributed by atoms with van der Waals surface area (Å²) in [6.45, 7) is 0. The van der Waals surface area contributed by atoms with Gasteiger partial charge in [0.25, 0.3) is 0 Å². The Morgan fingerprint density at radius 3 is 1.55 bits per heavy atom. The zero-order chi connectivity index (χ0) is 8.59. The highest BCUT2D eigenvalue weighted by atomic mass is 16.3. The molecule has 0 heterocycles. The van der Waals surface area contributed by atoms with E-state index in [1.807, 2.05) is 0 Å². The van der Waals surface area contributed by atoms with Gasteiger partial charge in [0.05, 0.1) is 17.1 Å². The summed E-state index contributed by atoms with van der Waals surface area (Å²) in [4.78, 5) is 0. The summed E-state index contributed by atoms with van der Waals surface area (Å²) in [6.07, 6.45) is 0. The SMILES string of the molecule is Nc1c(O)cc(O)c(N)c1N. The first-order valence-corrected chi connectivity index (χ1v) is 2.89. The van der Waals surface area contributed by atoms with E-state index < -0.39 is 0 Å². The van der Waals surface area contributed by atoms with E-state index in [1.165, 1.54) is 0 Å². The molecule has 5 heteroatoms. The van der Waals surface area contributed by atoms with Crippen LogP contribution in [0.5, 0.6) is 11.5 Å². The number of hydrogen-bond acceptors (Lipinski definition) is 5. The standard InChI is InChI=1S/C6H9N3O2/c7-4-2(10)1-3(11)5(8)6(4)9/h1,10-11H,7-9H2. The van der Waals surface area contributed by atoms with Crippen molar-refractivity contribution in [3.05, 3.63) is 6.07 Å². The van der Waals surface area contributed by atoms with Gasteiger partial charge in [-0.05, 0) is 0 Å². The van der Waals surface area contributed by atoms with Crippen molar-refractivity contribution in [1.82, 2.24) is 0 Å². The molecule has 60 valence electrons. The molecule has 0 saturated carbocycles. The number of phenols is 2. The van der Waals surface area contributed by atoms with Gasteiger partial charge in [-0.2, -0.15) is 0 Å². The summed E-state index contributed by atoms with van der Waals surface area (Å²) in [5, 5.41) is 18.0. The van der Waals surface area contributed by atoms with Crippen LogP contribution >= 0.6 is 0 Å². The van der Waals surface area contributed by atoms with Crippen molar-refractivity contribution in [2.75, 3.05) is 17.2 Å². The van der Waals surface area contributed by atoms with Crippen LogP contribution in [0.1, 0.15) is 0 Å². The van der Waals surface area contributed by atoms with Crippen molar-refractivity contribution in [1.29, 1.82) is 0 Å². The largest absolute Gasteiger partial charge is 0.506 e. The van der Waals surface area contributed by atoms with Gasteiger partial charge >= 0.3 is 0 Å². The third kappa shape index (κ3) is 0.958. The molecule has 0 amide bonds. The quantitative estimate of drug-likeness (QED) is 0.203. The van der Waals surface area contributed by atoms with Crippen molar-refractivity contribution in [3.8, 4) is 11.5 Å². The number of phenolic OH excluding ortho intramolecular Hbond substituents is 2. The van der Waals surface area contributed by atoms with Crippen molar-refractivity contribution < 1.29 is 10.2 Å². The van der Waals surface area contributed by atoms with Crippen molar-refractivity contribution in [3.63, 3.8) is 0 Å². The highest BCUT2D eigenvalue weighted by molar-refractivity contribution is 5.85. The predicted molar refractivity (Wildman–Crippen MR) is 43.0 cm³/mol. The Kier molecular flexibility index (Phi) is 1.41. The van der Waals surface area contributed by atoms with Crippen LogP contribution in [0, 0.1) is 0 Å². The number of benzene rings is 1. The fourth-order valence-corrected chi connectivity index (χ4v) is 0.706. The molecule has 8 N–H and O–H groups in total. The van der Waals surface area contributed by atoms with Crippen LogP contribution in [0.25, 0.3) is 0 Å². The van der Waals surface area contributed by atoms with Crippen molar-refractivity contribution >= 4 is 17.1 Å². The van der Waals surface area contributed by atoms with Gasteiger partial charge in [0.15, 0.2) is 0 Å². The second kappa shape index (κ2) is 2.12. The van der Waals surface area contributed by atoms with Gasteiger partial charge in [-0.1, -0.05) is 0 Å². The summed E-state index contributed by atoms with van der Waals surface area (Å²) >= 11 is 0. The molecule has 0 atom stereocenters. The molecule has 0 spiro atoms. The van der Waals surface area contributed by atoms with Gasteiger partial charge in [0.2, 0.25) is 0 Å². The minimum atomic E-state index is -0.269. The molecule has 0 fully saturated rings. The van der Waals surface area contributed by atoms with Gasteiger partial charge in [0.1, 0.15) is 11.5 Å². The zero-order valence-corrected chi connectivity index (χ0v) is 5.70. The molecule has 11 heavy (non-hydrogen) atoms. The van der Waals surface area contributed by atoms with Gasteiger partial charge in [-0.3, -0.25) is 0 Å². The minimum Gasteiger partial charge on any atom is -0.506 e. The minimum absolute atomic E-state index is 0.00231. The molecule has 0 bridgehead atoms. The molecule has 1 rings (SSSR count). The lowest BCUT2D eigenvalue weighted by atomic mass is 10.2. The maximum Gasteiger partial charge on any atom is 0.144 e. The molecular weight excluding hydrogens is 146 g/mol. The first-order valence-electron chi connectivity index (χ1n) is 2.89. The summed E-state index contributed by atoms with van der Waals surface area (Å²) in [5.41, 5.74) is 15.9. The predicted octanol–water partition coefficient (Wildman–Crippen LogP) is -0.156. The third-order valence-corrected chi connectivity index (χ3v) is 1.41. The molecule has 0 aliphatic carbocycles. The fourth-order valence-electron chi connectivity index (χ4n) is 0.706. The lowest BCUT2D eigenvalue weighted by Crippen LogP contribution is -2.00. The molecule has 0 aliphatic heterocycles. The summed E-state index contributed by atoms with van der Waals surface area (Å²) in [7, 11) is 0. The number of nitrogens with two attached hydrogens (primary N) is 3. The number of rotatable bonds is 0. The second-order valence-electron chi connectivity index (χ2n) is 2.16. The Bertz CT molecular complexity index is 272. The average Bonchev–Trinajstić information content (AvgIpc) is 1.97. The summed E-state index contributed by atoms with van der Waals surface area (Å²) in [6, 6.07) is 1.04. The Morgan fingerprint density at radius 1 is 0.818 bits per heavy atom. The normalized spacial score (nSPS) is 9.82. The summed E-state index contributed by atoms with van der Waals surface area (Å²) in [5.74, 6) is -0.539. The van der Waals surface area contributed by atoms with Crippen molar-refractivity contribution in [2.45, 2.75) is 0 Å². The van der Waals surface area contributed by atoms with E-state index in [9.17, 15) is 0 Å². The number of nitrogen functional groups attached to an aromatic ring is 3. The lowest BCUT2D eigenvalue weighted by Gasteiger charge is -2.07. The lowest BCUT2D eigenvalue weighted by molar-refractivity contribution is 0.454. The Labute approximate surface area is 63.0 Å². The molecule has 0 aliphatic rings. The highest BCUT2D eigenvalue weighted by Crippen LogP contribution is 2.38. The third-order valence-electron chi connectivity index (χ3n) is 1.41. The summed E-state index contributed by atoms with van der Waals surface area (Å²) < 4.78 is 0. The van der Waals surface area contributed by atoms with E-state index in [2.05, 4.69) is 0 Å². The first-order chi connectivity index (χ1) is 5.04. The van der Waals surface area contributed by atoms with E-state index in [-0.39, 0.29) is 28.6 Å². The molecule has 0 saturated heterocycles. The van der Waals surface area contributed by atoms with Crippen LogP contribution in [0.4, 0.5) is 17.1 Å². The molecule has 0 unspecified atom stereocenters. The number of aromatic hydroxyl groups is 2. The van der Waals surface area contributed by atoms with E-state index in [0.717, 1.165) is 6.07 Å². The number of anilines is 3. The zero-order valence-electron chi connectivity index (χ0n) is 5.70. The van der Waals surface area contributed by atoms with Crippen LogP contribution in [0.3, 0.4) is 0 Å². The Hall–Kier alpha value is -1.78. The molecule has 0 aromatic heterocycles. The maximum atomic E-state index is 8.98. The fraction of sp³-hybridized carbons (Fsp3) is 0. The topological polar surface area (TPSA) is 119 Å². The molecule has 1 aromatic carbocycles. The van der Waals surface area contributed by atoms with Crippen LogP contribution in [0.15, 0.2) is 6.07 Å². The second-order valence-corrected chi connectivity index (χ2v) is 2.16. The monoisotopic (exact) mass is 155 g/mol.